The fourth-order valence-corrected chi connectivity index (χ4v) is 1.96. The Kier molecular flexibility index (Phi) is 4.22. The molecular formula is C18H19NO2. The molecule has 2 rings (SSSR count). The maximum absolute atomic E-state index is 12.6. The van der Waals surface area contributed by atoms with Crippen LogP contribution in [0.5, 0.6) is 0 Å². The highest BCUT2D eigenvalue weighted by Gasteiger charge is 2.25. The molecule has 0 unspecified atom stereocenters. The van der Waals surface area contributed by atoms with Crippen LogP contribution in [0.3, 0.4) is 0 Å². The molecule has 0 aliphatic heterocycles. The van der Waals surface area contributed by atoms with Gasteiger partial charge in [-0.2, -0.15) is 0 Å². The maximum Gasteiger partial charge on any atom is 0.195 e. The molecule has 0 amide bonds. The fourth-order valence-electron chi connectivity index (χ4n) is 1.96. The number of carbonyl (C=O) groups is 2. The van der Waals surface area contributed by atoms with E-state index in [0.29, 0.717) is 16.8 Å². The van der Waals surface area contributed by atoms with Crippen molar-refractivity contribution in [2.75, 3.05) is 5.32 Å². The minimum absolute atomic E-state index is 0.0180. The van der Waals surface area contributed by atoms with Gasteiger partial charge in [0.2, 0.25) is 0 Å². The Morgan fingerprint density at radius 2 is 1.48 bits per heavy atom. The van der Waals surface area contributed by atoms with Gasteiger partial charge in [0.1, 0.15) is 0 Å². The van der Waals surface area contributed by atoms with Gasteiger partial charge in [-0.1, -0.05) is 42.5 Å². The van der Waals surface area contributed by atoms with E-state index in [1.165, 1.54) is 6.92 Å². The number of para-hydroxylation sites is 1. The molecule has 0 aliphatic rings. The Hall–Kier alpha value is -2.42. The lowest BCUT2D eigenvalue weighted by Crippen LogP contribution is -2.38. The van der Waals surface area contributed by atoms with Crippen LogP contribution in [-0.4, -0.2) is 17.1 Å². The molecule has 0 aliphatic carbocycles. The van der Waals surface area contributed by atoms with Crippen molar-refractivity contribution >= 4 is 17.3 Å². The fraction of sp³-hybridized carbons (Fsp3) is 0.222. The molecule has 108 valence electrons. The second kappa shape index (κ2) is 5.92. The number of nitrogens with one attached hydrogen (secondary N) is 1. The van der Waals surface area contributed by atoms with E-state index >= 15 is 0 Å². The first-order valence-corrected chi connectivity index (χ1v) is 6.90. The average Bonchev–Trinajstić information content (AvgIpc) is 2.47. The number of anilines is 1. The van der Waals surface area contributed by atoms with Crippen molar-refractivity contribution in [1.82, 2.24) is 0 Å². The summed E-state index contributed by atoms with van der Waals surface area (Å²) in [5.41, 5.74) is 1.16. The van der Waals surface area contributed by atoms with Gasteiger partial charge in [0.25, 0.3) is 0 Å². The second-order valence-electron chi connectivity index (χ2n) is 5.55. The number of hydrogen-bond acceptors (Lipinski definition) is 3. The summed E-state index contributed by atoms with van der Waals surface area (Å²) in [6, 6.07) is 16.4. The SMILES string of the molecule is CC(=O)C(C)(C)Nc1ccccc1C(=O)c1ccccc1. The quantitative estimate of drug-likeness (QED) is 0.850. The average molecular weight is 281 g/mol. The van der Waals surface area contributed by atoms with Gasteiger partial charge in [-0.25, -0.2) is 0 Å². The topological polar surface area (TPSA) is 46.2 Å². The number of Topliss-reactive ketones (excluding diaryl/α,β-unsaturated/α-hetero) is 1. The van der Waals surface area contributed by atoms with Gasteiger partial charge in [-0.05, 0) is 32.9 Å². The zero-order chi connectivity index (χ0) is 15.5. The lowest BCUT2D eigenvalue weighted by atomic mass is 9.97. The van der Waals surface area contributed by atoms with Crippen LogP contribution in [0.1, 0.15) is 36.7 Å². The zero-order valence-corrected chi connectivity index (χ0v) is 12.5. The Morgan fingerprint density at radius 3 is 2.10 bits per heavy atom. The smallest absolute Gasteiger partial charge is 0.195 e. The first-order valence-electron chi connectivity index (χ1n) is 6.90. The second-order valence-corrected chi connectivity index (χ2v) is 5.55. The molecule has 0 radical (unpaired) electrons. The van der Waals surface area contributed by atoms with Crippen LogP contribution < -0.4 is 5.32 Å². The molecule has 0 heterocycles. The van der Waals surface area contributed by atoms with Crippen LogP contribution in [0.25, 0.3) is 0 Å². The zero-order valence-electron chi connectivity index (χ0n) is 12.5. The highest BCUT2D eigenvalue weighted by Crippen LogP contribution is 2.23. The molecule has 1 N–H and O–H groups in total. The van der Waals surface area contributed by atoms with E-state index in [9.17, 15) is 9.59 Å². The Labute approximate surface area is 125 Å². The molecule has 2 aromatic carbocycles. The van der Waals surface area contributed by atoms with Crippen molar-refractivity contribution in [1.29, 1.82) is 0 Å². The Balaban J connectivity index is 2.38. The van der Waals surface area contributed by atoms with Crippen LogP contribution in [0.4, 0.5) is 5.69 Å². The Morgan fingerprint density at radius 1 is 0.905 bits per heavy atom. The van der Waals surface area contributed by atoms with Gasteiger partial charge < -0.3 is 5.32 Å². The molecule has 0 spiro atoms. The number of carbonyl (C=O) groups excluding carboxylic acids is 2. The van der Waals surface area contributed by atoms with Gasteiger partial charge in [0, 0.05) is 16.8 Å². The predicted octanol–water partition coefficient (Wildman–Crippen LogP) is 3.70. The van der Waals surface area contributed by atoms with Crippen molar-refractivity contribution in [2.24, 2.45) is 0 Å². The molecule has 0 bridgehead atoms. The molecule has 0 atom stereocenters. The molecule has 21 heavy (non-hydrogen) atoms. The normalized spacial score (nSPS) is 11.0. The summed E-state index contributed by atoms with van der Waals surface area (Å²) in [7, 11) is 0. The van der Waals surface area contributed by atoms with Crippen molar-refractivity contribution in [3.8, 4) is 0 Å². The van der Waals surface area contributed by atoms with E-state index in [-0.39, 0.29) is 11.6 Å². The van der Waals surface area contributed by atoms with Crippen LogP contribution in [0.2, 0.25) is 0 Å². The van der Waals surface area contributed by atoms with Gasteiger partial charge in [-0.3, -0.25) is 9.59 Å². The summed E-state index contributed by atoms with van der Waals surface area (Å²) in [4.78, 5) is 24.3. The first kappa shape index (κ1) is 15.0. The number of benzene rings is 2. The maximum atomic E-state index is 12.6. The third-order valence-electron chi connectivity index (χ3n) is 3.53. The van der Waals surface area contributed by atoms with Crippen molar-refractivity contribution in [3.05, 3.63) is 65.7 Å². The van der Waals surface area contributed by atoms with Crippen LogP contribution in [-0.2, 0) is 4.79 Å². The van der Waals surface area contributed by atoms with Crippen LogP contribution in [0.15, 0.2) is 54.6 Å². The van der Waals surface area contributed by atoms with E-state index in [1.54, 1.807) is 32.0 Å². The molecular weight excluding hydrogens is 262 g/mol. The van der Waals surface area contributed by atoms with E-state index in [0.717, 1.165) is 0 Å². The summed E-state index contributed by atoms with van der Waals surface area (Å²) >= 11 is 0. The van der Waals surface area contributed by atoms with Crippen LogP contribution in [0, 0.1) is 0 Å². The molecule has 3 heteroatoms. The summed E-state index contributed by atoms with van der Waals surface area (Å²) in [6.45, 7) is 5.15. The van der Waals surface area contributed by atoms with Crippen molar-refractivity contribution < 1.29 is 9.59 Å². The first-order chi connectivity index (χ1) is 9.92. The van der Waals surface area contributed by atoms with Crippen molar-refractivity contribution in [3.63, 3.8) is 0 Å². The largest absolute Gasteiger partial charge is 0.373 e. The van der Waals surface area contributed by atoms with E-state index in [2.05, 4.69) is 5.32 Å². The van der Waals surface area contributed by atoms with E-state index in [4.69, 9.17) is 0 Å². The lowest BCUT2D eigenvalue weighted by molar-refractivity contribution is -0.120. The summed E-state index contributed by atoms with van der Waals surface area (Å²) in [6.07, 6.45) is 0. The highest BCUT2D eigenvalue weighted by molar-refractivity contribution is 6.12. The van der Waals surface area contributed by atoms with Gasteiger partial charge in [0.05, 0.1) is 5.54 Å². The molecule has 0 saturated heterocycles. The standard InChI is InChI=1S/C18H19NO2/c1-13(20)18(2,3)19-16-12-8-7-11-15(16)17(21)14-9-5-4-6-10-14/h4-12,19H,1-3H3. The summed E-state index contributed by atoms with van der Waals surface area (Å²) in [5, 5.41) is 3.17. The van der Waals surface area contributed by atoms with Gasteiger partial charge in [0.15, 0.2) is 11.6 Å². The van der Waals surface area contributed by atoms with Gasteiger partial charge >= 0.3 is 0 Å². The molecule has 0 fully saturated rings. The number of ketones is 2. The molecule has 0 aromatic heterocycles. The highest BCUT2D eigenvalue weighted by atomic mass is 16.1. The molecule has 3 nitrogen and oxygen atoms in total. The monoisotopic (exact) mass is 281 g/mol. The lowest BCUT2D eigenvalue weighted by Gasteiger charge is -2.25. The minimum Gasteiger partial charge on any atom is -0.373 e. The van der Waals surface area contributed by atoms with E-state index < -0.39 is 5.54 Å². The molecule has 0 saturated carbocycles. The Bertz CT molecular complexity index is 660. The van der Waals surface area contributed by atoms with Crippen LogP contribution >= 0.6 is 0 Å². The van der Waals surface area contributed by atoms with E-state index in [1.807, 2.05) is 36.4 Å². The number of rotatable bonds is 5. The minimum atomic E-state index is -0.715. The predicted molar refractivity (Wildman–Crippen MR) is 84.7 cm³/mol. The van der Waals surface area contributed by atoms with Gasteiger partial charge in [-0.15, -0.1) is 0 Å². The number of hydrogen-bond donors (Lipinski definition) is 1. The third kappa shape index (κ3) is 3.37. The molecule has 2 aromatic rings. The summed E-state index contributed by atoms with van der Waals surface area (Å²) < 4.78 is 0. The third-order valence-corrected chi connectivity index (χ3v) is 3.53. The summed E-state index contributed by atoms with van der Waals surface area (Å²) in [5.74, 6) is -0.0393. The van der Waals surface area contributed by atoms with Crippen molar-refractivity contribution in [2.45, 2.75) is 26.3 Å².